The van der Waals surface area contributed by atoms with Gasteiger partial charge in [-0.25, -0.2) is 0 Å². The number of guanidine groups is 1. The number of aryl methyl sites for hydroxylation is 1. The summed E-state index contributed by atoms with van der Waals surface area (Å²) in [6.45, 7) is 2.22. The van der Waals surface area contributed by atoms with Crippen molar-refractivity contribution in [1.82, 2.24) is 20.4 Å². The molecule has 3 rings (SSSR count). The molecule has 9 heteroatoms. The normalized spacial score (nSPS) is 11.0. The van der Waals surface area contributed by atoms with Crippen LogP contribution < -0.4 is 10.6 Å². The number of aromatic nitrogens is 2. The zero-order valence-corrected chi connectivity index (χ0v) is 20.4. The van der Waals surface area contributed by atoms with Crippen molar-refractivity contribution in [3.8, 4) is 0 Å². The van der Waals surface area contributed by atoms with Crippen LogP contribution in [0.25, 0.3) is 0 Å². The van der Waals surface area contributed by atoms with Gasteiger partial charge in [0.25, 0.3) is 5.69 Å². The van der Waals surface area contributed by atoms with E-state index in [0.717, 1.165) is 43.9 Å². The monoisotopic (exact) mass is 548 g/mol. The van der Waals surface area contributed by atoms with E-state index >= 15 is 0 Å². The maximum absolute atomic E-state index is 10.7. The second-order valence-corrected chi connectivity index (χ2v) is 7.21. The first-order chi connectivity index (χ1) is 15.2. The van der Waals surface area contributed by atoms with Crippen molar-refractivity contribution in [1.29, 1.82) is 0 Å². The number of nitrogens with one attached hydrogen (secondary N) is 2. The number of nitrogens with zero attached hydrogens (tertiary/aromatic N) is 4. The highest BCUT2D eigenvalue weighted by Crippen LogP contribution is 2.13. The summed E-state index contributed by atoms with van der Waals surface area (Å²) >= 11 is 0. The Hall–Kier alpha value is -2.95. The van der Waals surface area contributed by atoms with Crippen LogP contribution in [-0.2, 0) is 19.5 Å². The molecule has 32 heavy (non-hydrogen) atoms. The number of rotatable bonds is 10. The van der Waals surface area contributed by atoms with Gasteiger partial charge < -0.3 is 10.6 Å². The zero-order valence-electron chi connectivity index (χ0n) is 18.1. The minimum Gasteiger partial charge on any atom is -0.356 e. The van der Waals surface area contributed by atoms with Gasteiger partial charge >= 0.3 is 0 Å². The van der Waals surface area contributed by atoms with Crippen LogP contribution in [0.1, 0.15) is 29.5 Å². The minimum absolute atomic E-state index is 0. The summed E-state index contributed by atoms with van der Waals surface area (Å²) in [6, 6.07) is 17.0. The number of unbranched alkanes of at least 4 members (excludes halogenated alkanes) is 1. The highest BCUT2D eigenvalue weighted by atomic mass is 127. The fourth-order valence-electron chi connectivity index (χ4n) is 3.30. The Balaban J connectivity index is 0.00000363. The van der Waals surface area contributed by atoms with E-state index in [1.807, 2.05) is 41.2 Å². The lowest BCUT2D eigenvalue weighted by Gasteiger charge is -2.14. The number of halogens is 1. The summed E-state index contributed by atoms with van der Waals surface area (Å²) in [5.41, 5.74) is 3.67. The van der Waals surface area contributed by atoms with Gasteiger partial charge in [0.15, 0.2) is 5.96 Å². The lowest BCUT2D eigenvalue weighted by atomic mass is 10.1. The van der Waals surface area contributed by atoms with Gasteiger partial charge in [0.1, 0.15) is 0 Å². The number of nitro groups is 1. The van der Waals surface area contributed by atoms with E-state index in [0.29, 0.717) is 6.54 Å². The Labute approximate surface area is 205 Å². The predicted octanol–water partition coefficient (Wildman–Crippen LogP) is 4.15. The molecular weight excluding hydrogens is 519 g/mol. The first-order valence-electron chi connectivity index (χ1n) is 10.4. The molecule has 0 aliphatic heterocycles. The van der Waals surface area contributed by atoms with E-state index in [-0.39, 0.29) is 34.6 Å². The van der Waals surface area contributed by atoms with Crippen LogP contribution in [-0.4, -0.2) is 34.3 Å². The summed E-state index contributed by atoms with van der Waals surface area (Å²) in [7, 11) is 1.77. The molecule has 3 aromatic rings. The Morgan fingerprint density at radius 3 is 2.47 bits per heavy atom. The van der Waals surface area contributed by atoms with Crippen LogP contribution in [0.4, 0.5) is 5.69 Å². The SMILES string of the molecule is CN=C(NCCCCc1ccc([N+](=O)[O-])cc1)NCc1ccccc1Cn1cccn1.I. The molecule has 2 aromatic carbocycles. The topological polar surface area (TPSA) is 97.4 Å². The van der Waals surface area contributed by atoms with Gasteiger partial charge in [0.2, 0.25) is 0 Å². The highest BCUT2D eigenvalue weighted by Gasteiger charge is 2.06. The second kappa shape index (κ2) is 13.5. The molecule has 0 aliphatic rings. The highest BCUT2D eigenvalue weighted by molar-refractivity contribution is 14.0. The number of hydrogen-bond donors (Lipinski definition) is 2. The van der Waals surface area contributed by atoms with Crippen LogP contribution in [0.2, 0.25) is 0 Å². The molecule has 0 fully saturated rings. The van der Waals surface area contributed by atoms with Crippen molar-refractivity contribution in [2.24, 2.45) is 4.99 Å². The fraction of sp³-hybridized carbons (Fsp3) is 0.304. The molecule has 0 saturated carbocycles. The van der Waals surface area contributed by atoms with Gasteiger partial charge in [-0.1, -0.05) is 36.4 Å². The van der Waals surface area contributed by atoms with Crippen molar-refractivity contribution in [3.63, 3.8) is 0 Å². The van der Waals surface area contributed by atoms with E-state index in [4.69, 9.17) is 0 Å². The van der Waals surface area contributed by atoms with Gasteiger partial charge in [0, 0.05) is 44.7 Å². The maximum atomic E-state index is 10.7. The third-order valence-corrected chi connectivity index (χ3v) is 5.01. The largest absolute Gasteiger partial charge is 0.356 e. The van der Waals surface area contributed by atoms with Crippen molar-refractivity contribution in [3.05, 3.63) is 93.8 Å². The molecule has 0 bridgehead atoms. The Kier molecular flexibility index (Phi) is 10.6. The van der Waals surface area contributed by atoms with Gasteiger partial charge in [-0.3, -0.25) is 19.8 Å². The summed E-state index contributed by atoms with van der Waals surface area (Å²) in [5, 5.41) is 21.7. The van der Waals surface area contributed by atoms with E-state index in [2.05, 4.69) is 32.9 Å². The molecule has 0 atom stereocenters. The summed E-state index contributed by atoms with van der Waals surface area (Å²) in [5.74, 6) is 0.768. The Morgan fingerprint density at radius 1 is 1.06 bits per heavy atom. The van der Waals surface area contributed by atoms with Crippen molar-refractivity contribution < 1.29 is 4.92 Å². The van der Waals surface area contributed by atoms with Crippen LogP contribution in [0, 0.1) is 10.1 Å². The third-order valence-electron chi connectivity index (χ3n) is 5.01. The first-order valence-corrected chi connectivity index (χ1v) is 10.4. The average Bonchev–Trinajstić information content (AvgIpc) is 3.30. The minimum atomic E-state index is -0.373. The van der Waals surface area contributed by atoms with Crippen molar-refractivity contribution in [2.45, 2.75) is 32.4 Å². The zero-order chi connectivity index (χ0) is 21.9. The number of benzene rings is 2. The molecule has 1 aromatic heterocycles. The number of hydrogen-bond acceptors (Lipinski definition) is 4. The quantitative estimate of drug-likeness (QED) is 0.0992. The number of non-ortho nitro benzene ring substituents is 1. The Morgan fingerprint density at radius 2 is 1.81 bits per heavy atom. The lowest BCUT2D eigenvalue weighted by Crippen LogP contribution is -2.37. The Bertz CT molecular complexity index is 990. The first kappa shape index (κ1) is 25.3. The molecule has 0 saturated heterocycles. The van der Waals surface area contributed by atoms with E-state index in [1.54, 1.807) is 25.4 Å². The van der Waals surface area contributed by atoms with Crippen molar-refractivity contribution >= 4 is 35.6 Å². The summed E-state index contributed by atoms with van der Waals surface area (Å²) in [6.07, 6.45) is 6.62. The molecule has 2 N–H and O–H groups in total. The lowest BCUT2D eigenvalue weighted by molar-refractivity contribution is -0.384. The van der Waals surface area contributed by atoms with E-state index in [9.17, 15) is 10.1 Å². The standard InChI is InChI=1S/C23H28N6O2.HI/c1-24-23(25-14-5-4-7-19-10-12-22(13-11-19)29(30)31)26-17-20-8-2-3-9-21(20)18-28-16-6-15-27-28;/h2-3,6,8-13,15-16H,4-5,7,14,17-18H2,1H3,(H2,24,25,26);1H. The molecule has 1 heterocycles. The smallest absolute Gasteiger partial charge is 0.269 e. The van der Waals surface area contributed by atoms with Crippen LogP contribution in [0.3, 0.4) is 0 Å². The molecule has 0 aliphatic carbocycles. The van der Waals surface area contributed by atoms with Gasteiger partial charge in [-0.05, 0) is 42.0 Å². The summed E-state index contributed by atoms with van der Waals surface area (Å²) < 4.78 is 1.91. The van der Waals surface area contributed by atoms with E-state index in [1.165, 1.54) is 11.1 Å². The second-order valence-electron chi connectivity index (χ2n) is 7.21. The molecule has 0 amide bonds. The van der Waals surface area contributed by atoms with Gasteiger partial charge in [-0.2, -0.15) is 5.10 Å². The molecule has 0 unspecified atom stereocenters. The van der Waals surface area contributed by atoms with Crippen LogP contribution in [0.15, 0.2) is 72.0 Å². The van der Waals surface area contributed by atoms with Crippen LogP contribution in [0.5, 0.6) is 0 Å². The number of nitro benzene ring substituents is 1. The predicted molar refractivity (Wildman–Crippen MR) is 137 cm³/mol. The molecule has 170 valence electrons. The van der Waals surface area contributed by atoms with Crippen molar-refractivity contribution in [2.75, 3.05) is 13.6 Å². The van der Waals surface area contributed by atoms with Gasteiger partial charge in [0.05, 0.1) is 11.5 Å². The van der Waals surface area contributed by atoms with E-state index < -0.39 is 0 Å². The van der Waals surface area contributed by atoms with Gasteiger partial charge in [-0.15, -0.1) is 24.0 Å². The molecule has 0 spiro atoms. The summed E-state index contributed by atoms with van der Waals surface area (Å²) in [4.78, 5) is 14.6. The molecule has 8 nitrogen and oxygen atoms in total. The maximum Gasteiger partial charge on any atom is 0.269 e. The molecular formula is C23H29IN6O2. The average molecular weight is 548 g/mol. The fourth-order valence-corrected chi connectivity index (χ4v) is 3.30. The third kappa shape index (κ3) is 7.95. The molecule has 0 radical (unpaired) electrons. The van der Waals surface area contributed by atoms with Crippen LogP contribution >= 0.6 is 24.0 Å². The number of aliphatic imine (C=N–C) groups is 1.